The highest BCUT2D eigenvalue weighted by atomic mass is 16.2. The summed E-state index contributed by atoms with van der Waals surface area (Å²) in [6.45, 7) is 21.3. The van der Waals surface area contributed by atoms with Gasteiger partial charge in [-0.1, -0.05) is 24.3 Å². The van der Waals surface area contributed by atoms with Gasteiger partial charge in [0.05, 0.1) is 6.54 Å². The van der Waals surface area contributed by atoms with E-state index in [0.29, 0.717) is 12.8 Å². The van der Waals surface area contributed by atoms with Crippen molar-refractivity contribution in [3.63, 3.8) is 0 Å². The maximum Gasteiger partial charge on any atom is 0.325 e. The summed E-state index contributed by atoms with van der Waals surface area (Å²) in [5.74, 6) is -0.119. The SMILES string of the molecule is C=C(C)CN1C(=O)NC2(CC(C)(C)N(CC(=C)C)C(C)(C)C2)C1=O. The minimum atomic E-state index is -0.828. The van der Waals surface area contributed by atoms with Gasteiger partial charge in [-0.2, -0.15) is 0 Å². The summed E-state index contributed by atoms with van der Waals surface area (Å²) in [5, 5.41) is 3.01. The van der Waals surface area contributed by atoms with E-state index in [1.165, 1.54) is 4.90 Å². The monoisotopic (exact) mass is 333 g/mol. The molecule has 134 valence electrons. The lowest BCUT2D eigenvalue weighted by molar-refractivity contribution is -0.140. The van der Waals surface area contributed by atoms with Gasteiger partial charge in [0.15, 0.2) is 0 Å². The Morgan fingerprint density at radius 3 is 1.88 bits per heavy atom. The highest BCUT2D eigenvalue weighted by Gasteiger charge is 2.60. The van der Waals surface area contributed by atoms with E-state index in [2.05, 4.69) is 51.1 Å². The van der Waals surface area contributed by atoms with Crippen LogP contribution in [0.25, 0.3) is 0 Å². The van der Waals surface area contributed by atoms with Gasteiger partial charge < -0.3 is 5.32 Å². The van der Waals surface area contributed by atoms with Crippen molar-refractivity contribution in [2.24, 2.45) is 0 Å². The number of hydrogen-bond acceptors (Lipinski definition) is 3. The molecule has 2 fully saturated rings. The van der Waals surface area contributed by atoms with Crippen molar-refractivity contribution < 1.29 is 9.59 Å². The number of amides is 3. The quantitative estimate of drug-likeness (QED) is 0.635. The third kappa shape index (κ3) is 3.14. The first kappa shape index (κ1) is 18.7. The number of nitrogens with one attached hydrogen (secondary N) is 1. The summed E-state index contributed by atoms with van der Waals surface area (Å²) in [5.41, 5.74) is 0.600. The van der Waals surface area contributed by atoms with Crippen LogP contribution in [-0.4, -0.2) is 51.4 Å². The number of imide groups is 1. The second-order valence-electron chi connectivity index (χ2n) is 8.88. The number of urea groups is 1. The number of nitrogens with zero attached hydrogens (tertiary/aromatic N) is 2. The molecule has 5 heteroatoms. The van der Waals surface area contributed by atoms with Crippen LogP contribution < -0.4 is 5.32 Å². The zero-order valence-corrected chi connectivity index (χ0v) is 16.0. The summed E-state index contributed by atoms with van der Waals surface area (Å²) < 4.78 is 0. The van der Waals surface area contributed by atoms with Gasteiger partial charge in [0.2, 0.25) is 0 Å². The van der Waals surface area contributed by atoms with E-state index in [1.807, 2.05) is 13.8 Å². The smallest absolute Gasteiger partial charge is 0.323 e. The van der Waals surface area contributed by atoms with E-state index in [-0.39, 0.29) is 29.6 Å². The Bertz CT molecular complexity index is 586. The molecule has 2 rings (SSSR count). The van der Waals surface area contributed by atoms with Crippen LogP contribution in [-0.2, 0) is 4.79 Å². The Morgan fingerprint density at radius 2 is 1.46 bits per heavy atom. The minimum Gasteiger partial charge on any atom is -0.323 e. The standard InChI is InChI=1S/C19H31N3O2/c1-13(2)9-21-15(23)19(20-16(21)24)11-17(5,6)22(10-14(3)4)18(7,8)12-19/h1,3,9-12H2,2,4-8H3,(H,20,24). The molecular weight excluding hydrogens is 302 g/mol. The van der Waals surface area contributed by atoms with Gasteiger partial charge in [-0.05, 0) is 54.4 Å². The molecule has 2 heterocycles. The predicted molar refractivity (Wildman–Crippen MR) is 96.7 cm³/mol. The third-order valence-corrected chi connectivity index (χ3v) is 5.03. The molecule has 0 aromatic heterocycles. The highest BCUT2D eigenvalue weighted by molar-refractivity contribution is 6.07. The normalized spacial score (nSPS) is 25.0. The zero-order chi connectivity index (χ0) is 18.5. The van der Waals surface area contributed by atoms with Crippen LogP contribution in [0, 0.1) is 0 Å². The molecule has 0 unspecified atom stereocenters. The Hall–Kier alpha value is -1.62. The number of rotatable bonds is 4. The van der Waals surface area contributed by atoms with Crippen LogP contribution >= 0.6 is 0 Å². The molecule has 0 atom stereocenters. The van der Waals surface area contributed by atoms with E-state index < -0.39 is 5.54 Å². The van der Waals surface area contributed by atoms with Gasteiger partial charge in [-0.3, -0.25) is 14.6 Å². The molecule has 2 aliphatic rings. The molecule has 1 spiro atoms. The third-order valence-electron chi connectivity index (χ3n) is 5.03. The number of hydrogen-bond donors (Lipinski definition) is 1. The van der Waals surface area contributed by atoms with Crippen LogP contribution in [0.3, 0.4) is 0 Å². The number of carbonyl (C=O) groups excluding carboxylic acids is 2. The fourth-order valence-corrected chi connectivity index (χ4v) is 4.58. The average Bonchev–Trinajstić information content (AvgIpc) is 2.57. The molecule has 2 saturated heterocycles. The molecule has 0 aliphatic carbocycles. The molecule has 0 saturated carbocycles. The number of carbonyl (C=O) groups is 2. The van der Waals surface area contributed by atoms with Crippen molar-refractivity contribution >= 4 is 11.9 Å². The first-order chi connectivity index (χ1) is 10.8. The Kier molecular flexibility index (Phi) is 4.47. The first-order valence-corrected chi connectivity index (χ1v) is 8.51. The van der Waals surface area contributed by atoms with Crippen molar-refractivity contribution in [2.45, 2.75) is 71.0 Å². The number of likely N-dealkylation sites (tertiary alicyclic amines) is 1. The van der Waals surface area contributed by atoms with Crippen molar-refractivity contribution in [3.05, 3.63) is 24.3 Å². The van der Waals surface area contributed by atoms with Crippen molar-refractivity contribution in [1.82, 2.24) is 15.1 Å². The van der Waals surface area contributed by atoms with Gasteiger partial charge in [0.1, 0.15) is 5.54 Å². The second kappa shape index (κ2) is 5.73. The van der Waals surface area contributed by atoms with Gasteiger partial charge >= 0.3 is 6.03 Å². The van der Waals surface area contributed by atoms with Crippen LogP contribution in [0.5, 0.6) is 0 Å². The van der Waals surface area contributed by atoms with E-state index in [4.69, 9.17) is 0 Å². The molecule has 3 amide bonds. The van der Waals surface area contributed by atoms with Crippen molar-refractivity contribution in [2.75, 3.05) is 13.1 Å². The Labute approximate surface area is 145 Å². The van der Waals surface area contributed by atoms with E-state index >= 15 is 0 Å². The molecule has 1 N–H and O–H groups in total. The van der Waals surface area contributed by atoms with Crippen molar-refractivity contribution in [1.29, 1.82) is 0 Å². The lowest BCUT2D eigenvalue weighted by atomic mass is 9.68. The van der Waals surface area contributed by atoms with Gasteiger partial charge in [0.25, 0.3) is 5.91 Å². The Morgan fingerprint density at radius 1 is 1.00 bits per heavy atom. The molecular formula is C19H31N3O2. The second-order valence-corrected chi connectivity index (χ2v) is 8.88. The van der Waals surface area contributed by atoms with E-state index in [0.717, 1.165) is 17.7 Å². The summed E-state index contributed by atoms with van der Waals surface area (Å²) in [6, 6.07) is -0.303. The van der Waals surface area contributed by atoms with Crippen LogP contribution in [0.4, 0.5) is 4.79 Å². The molecule has 5 nitrogen and oxygen atoms in total. The lowest BCUT2D eigenvalue weighted by Gasteiger charge is -2.57. The molecule has 0 aromatic carbocycles. The van der Waals surface area contributed by atoms with E-state index in [9.17, 15) is 9.59 Å². The number of piperidine rings is 1. The maximum atomic E-state index is 13.1. The van der Waals surface area contributed by atoms with Crippen molar-refractivity contribution in [3.8, 4) is 0 Å². The lowest BCUT2D eigenvalue weighted by Crippen LogP contribution is -2.69. The maximum absolute atomic E-state index is 13.1. The summed E-state index contributed by atoms with van der Waals surface area (Å²) in [6.07, 6.45) is 1.18. The minimum absolute atomic E-state index is 0.119. The molecule has 2 aliphatic heterocycles. The van der Waals surface area contributed by atoms with Crippen LogP contribution in [0.2, 0.25) is 0 Å². The fourth-order valence-electron chi connectivity index (χ4n) is 4.58. The Balaban J connectivity index is 2.37. The average molecular weight is 333 g/mol. The van der Waals surface area contributed by atoms with Gasteiger partial charge in [-0.15, -0.1) is 0 Å². The van der Waals surface area contributed by atoms with E-state index in [1.54, 1.807) is 0 Å². The molecule has 24 heavy (non-hydrogen) atoms. The van der Waals surface area contributed by atoms with Crippen LogP contribution in [0.1, 0.15) is 54.4 Å². The molecule has 0 radical (unpaired) electrons. The first-order valence-electron chi connectivity index (χ1n) is 8.51. The summed E-state index contributed by atoms with van der Waals surface area (Å²) in [4.78, 5) is 29.2. The molecule has 0 bridgehead atoms. The zero-order valence-electron chi connectivity index (χ0n) is 16.0. The van der Waals surface area contributed by atoms with Gasteiger partial charge in [0, 0.05) is 17.6 Å². The largest absolute Gasteiger partial charge is 0.325 e. The molecule has 0 aromatic rings. The summed E-state index contributed by atoms with van der Waals surface area (Å²) >= 11 is 0. The summed E-state index contributed by atoms with van der Waals surface area (Å²) in [7, 11) is 0. The topological polar surface area (TPSA) is 52.7 Å². The predicted octanol–water partition coefficient (Wildman–Crippen LogP) is 3.08. The van der Waals surface area contributed by atoms with Crippen LogP contribution in [0.15, 0.2) is 24.3 Å². The fraction of sp³-hybridized carbons (Fsp3) is 0.684. The highest BCUT2D eigenvalue weighted by Crippen LogP contribution is 2.46. The van der Waals surface area contributed by atoms with Gasteiger partial charge in [-0.25, -0.2) is 4.79 Å².